The Morgan fingerprint density at radius 1 is 1.36 bits per heavy atom. The molecule has 1 aromatic heterocycles. The highest BCUT2D eigenvalue weighted by Crippen LogP contribution is 2.29. The molecule has 2 rings (SSSR count). The van der Waals surface area contributed by atoms with Crippen LogP contribution in [0.15, 0.2) is 23.4 Å². The van der Waals surface area contributed by atoms with E-state index in [4.69, 9.17) is 5.11 Å². The van der Waals surface area contributed by atoms with Gasteiger partial charge in [0.15, 0.2) is 5.03 Å². The third-order valence-corrected chi connectivity index (χ3v) is 5.18. The van der Waals surface area contributed by atoms with Crippen molar-refractivity contribution in [2.24, 2.45) is 5.92 Å². The van der Waals surface area contributed by atoms with E-state index >= 15 is 0 Å². The number of aliphatic carboxylic acids is 1. The van der Waals surface area contributed by atoms with Crippen LogP contribution in [0.3, 0.4) is 0 Å². The smallest absolute Gasteiger partial charge is 0.417 e. The molecule has 0 radical (unpaired) electrons. The van der Waals surface area contributed by atoms with Crippen LogP contribution < -0.4 is 0 Å². The van der Waals surface area contributed by atoms with Crippen molar-refractivity contribution < 1.29 is 31.5 Å². The Hall–Kier alpha value is -1.68. The van der Waals surface area contributed by atoms with Crippen LogP contribution in [0.2, 0.25) is 0 Å². The van der Waals surface area contributed by atoms with Crippen LogP contribution in [-0.2, 0) is 21.0 Å². The fraction of sp³-hybridized carbons (Fsp3) is 0.500. The van der Waals surface area contributed by atoms with Gasteiger partial charge >= 0.3 is 12.1 Å². The quantitative estimate of drug-likeness (QED) is 0.904. The lowest BCUT2D eigenvalue weighted by Gasteiger charge is -2.29. The predicted octanol–water partition coefficient (Wildman–Crippen LogP) is 1.59. The fourth-order valence-electron chi connectivity index (χ4n) is 2.20. The summed E-state index contributed by atoms with van der Waals surface area (Å²) < 4.78 is 62.9. The highest BCUT2D eigenvalue weighted by atomic mass is 32.2. The summed E-state index contributed by atoms with van der Waals surface area (Å²) in [7, 11) is -4.10. The maximum absolute atomic E-state index is 12.4. The molecule has 0 amide bonds. The lowest BCUT2D eigenvalue weighted by atomic mass is 10.0. The van der Waals surface area contributed by atoms with Crippen molar-refractivity contribution in [3.8, 4) is 0 Å². The van der Waals surface area contributed by atoms with Gasteiger partial charge in [-0.05, 0) is 25.0 Å². The van der Waals surface area contributed by atoms with Gasteiger partial charge in [0, 0.05) is 19.3 Å². The Balaban J connectivity index is 2.25. The molecule has 1 unspecified atom stereocenters. The van der Waals surface area contributed by atoms with E-state index in [2.05, 4.69) is 4.98 Å². The number of carbonyl (C=O) groups is 1. The molecular formula is C12H13F3N2O4S. The first kappa shape index (κ1) is 16.7. The Morgan fingerprint density at radius 2 is 2.05 bits per heavy atom. The van der Waals surface area contributed by atoms with Crippen molar-refractivity contribution in [3.63, 3.8) is 0 Å². The molecule has 0 bridgehead atoms. The number of pyridine rings is 1. The first-order valence-corrected chi connectivity index (χ1v) is 7.82. The van der Waals surface area contributed by atoms with Gasteiger partial charge in [-0.1, -0.05) is 0 Å². The summed E-state index contributed by atoms with van der Waals surface area (Å²) in [5, 5.41) is 8.43. The molecule has 10 heteroatoms. The number of carboxylic acid groups (broad SMARTS) is 1. The van der Waals surface area contributed by atoms with E-state index in [1.165, 1.54) is 0 Å². The summed E-state index contributed by atoms with van der Waals surface area (Å²) >= 11 is 0. The van der Waals surface area contributed by atoms with Gasteiger partial charge in [0.25, 0.3) is 10.0 Å². The molecule has 1 aliphatic heterocycles. The lowest BCUT2D eigenvalue weighted by molar-refractivity contribution is -0.143. The summed E-state index contributed by atoms with van der Waals surface area (Å²) in [6, 6.07) is 1.42. The van der Waals surface area contributed by atoms with Crippen molar-refractivity contribution in [1.29, 1.82) is 0 Å². The molecule has 2 heterocycles. The highest BCUT2D eigenvalue weighted by Gasteiger charge is 2.35. The molecule has 1 fully saturated rings. The lowest BCUT2D eigenvalue weighted by Crippen LogP contribution is -2.42. The van der Waals surface area contributed by atoms with E-state index in [0.717, 1.165) is 10.4 Å². The number of hydrogen-bond acceptors (Lipinski definition) is 4. The van der Waals surface area contributed by atoms with Crippen molar-refractivity contribution >= 4 is 16.0 Å². The summed E-state index contributed by atoms with van der Waals surface area (Å²) in [6.07, 6.45) is -3.42. The first-order valence-electron chi connectivity index (χ1n) is 6.38. The molecule has 1 aliphatic rings. The van der Waals surface area contributed by atoms with Gasteiger partial charge < -0.3 is 5.11 Å². The van der Waals surface area contributed by atoms with Gasteiger partial charge in [-0.2, -0.15) is 17.5 Å². The zero-order valence-electron chi connectivity index (χ0n) is 11.2. The second-order valence-corrected chi connectivity index (χ2v) is 6.81. The molecular weight excluding hydrogens is 325 g/mol. The highest BCUT2D eigenvalue weighted by molar-refractivity contribution is 7.89. The van der Waals surface area contributed by atoms with Crippen LogP contribution in [0.1, 0.15) is 18.4 Å². The van der Waals surface area contributed by atoms with Gasteiger partial charge in [-0.25, -0.2) is 13.4 Å². The molecule has 1 aromatic rings. The summed E-state index contributed by atoms with van der Waals surface area (Å²) in [4.78, 5) is 14.3. The number of sulfonamides is 1. The van der Waals surface area contributed by atoms with Crippen molar-refractivity contribution in [3.05, 3.63) is 23.9 Å². The second kappa shape index (κ2) is 5.84. The number of halogens is 3. The number of alkyl halides is 3. The maximum Gasteiger partial charge on any atom is 0.417 e. The number of carboxylic acids is 1. The van der Waals surface area contributed by atoms with Crippen molar-refractivity contribution in [1.82, 2.24) is 9.29 Å². The van der Waals surface area contributed by atoms with E-state index in [-0.39, 0.29) is 13.1 Å². The van der Waals surface area contributed by atoms with Gasteiger partial charge in [-0.3, -0.25) is 4.79 Å². The third kappa shape index (κ3) is 3.38. The third-order valence-electron chi connectivity index (χ3n) is 3.40. The van der Waals surface area contributed by atoms with Gasteiger partial charge in [0.1, 0.15) is 0 Å². The van der Waals surface area contributed by atoms with Crippen LogP contribution in [0.4, 0.5) is 13.2 Å². The largest absolute Gasteiger partial charge is 0.481 e. The minimum Gasteiger partial charge on any atom is -0.481 e. The molecule has 0 saturated carbocycles. The maximum atomic E-state index is 12.4. The van der Waals surface area contributed by atoms with Gasteiger partial charge in [0.05, 0.1) is 11.5 Å². The first-order chi connectivity index (χ1) is 10.1. The number of aromatic nitrogens is 1. The average Bonchev–Trinajstić information content (AvgIpc) is 2.46. The molecule has 1 atom stereocenters. The van der Waals surface area contributed by atoms with Crippen LogP contribution in [0.25, 0.3) is 0 Å². The number of rotatable bonds is 3. The molecule has 122 valence electrons. The molecule has 6 nitrogen and oxygen atoms in total. The van der Waals surface area contributed by atoms with E-state index in [1.807, 2.05) is 0 Å². The normalized spacial score (nSPS) is 20.8. The van der Waals surface area contributed by atoms with Crippen LogP contribution in [-0.4, -0.2) is 41.9 Å². The standard InChI is InChI=1S/C12H13F3N2O4S/c13-12(14,15)9-3-4-10(16-6-9)22(20,21)17-5-1-2-8(7-17)11(18)19/h3-4,6,8H,1-2,5,7H2,(H,18,19). The fourth-order valence-corrected chi connectivity index (χ4v) is 3.63. The van der Waals surface area contributed by atoms with Crippen LogP contribution in [0, 0.1) is 5.92 Å². The van der Waals surface area contributed by atoms with Crippen molar-refractivity contribution in [2.75, 3.05) is 13.1 Å². The molecule has 1 saturated heterocycles. The average molecular weight is 338 g/mol. The van der Waals surface area contributed by atoms with E-state index < -0.39 is 38.7 Å². The summed E-state index contributed by atoms with van der Waals surface area (Å²) in [5.74, 6) is -1.92. The SMILES string of the molecule is O=C(O)C1CCCN(S(=O)(=O)c2ccc(C(F)(F)F)cn2)C1. The Morgan fingerprint density at radius 3 is 2.55 bits per heavy atom. The van der Waals surface area contributed by atoms with Crippen LogP contribution >= 0.6 is 0 Å². The summed E-state index contributed by atoms with van der Waals surface area (Å²) in [6.45, 7) is -0.0881. The minimum absolute atomic E-state index is 0.120. The minimum atomic E-state index is -4.60. The number of nitrogens with zero attached hydrogens (tertiary/aromatic N) is 2. The van der Waals surface area contributed by atoms with Crippen LogP contribution in [0.5, 0.6) is 0 Å². The topological polar surface area (TPSA) is 87.6 Å². The molecule has 1 N–H and O–H groups in total. The van der Waals surface area contributed by atoms with Crippen molar-refractivity contribution in [2.45, 2.75) is 24.0 Å². The summed E-state index contributed by atoms with van der Waals surface area (Å²) in [5.41, 5.74) is -1.05. The molecule has 0 spiro atoms. The molecule has 0 aliphatic carbocycles. The Bertz CT molecular complexity index is 658. The number of piperidine rings is 1. The zero-order valence-corrected chi connectivity index (χ0v) is 12.1. The molecule has 0 aromatic carbocycles. The monoisotopic (exact) mass is 338 g/mol. The van der Waals surface area contributed by atoms with E-state index in [9.17, 15) is 26.4 Å². The van der Waals surface area contributed by atoms with Gasteiger partial charge in [-0.15, -0.1) is 0 Å². The number of hydrogen-bond donors (Lipinski definition) is 1. The Labute approximate surface area is 124 Å². The molecule has 22 heavy (non-hydrogen) atoms. The van der Waals surface area contributed by atoms with E-state index in [1.54, 1.807) is 0 Å². The predicted molar refractivity (Wildman–Crippen MR) is 68.4 cm³/mol. The van der Waals surface area contributed by atoms with E-state index in [0.29, 0.717) is 25.1 Å². The zero-order chi connectivity index (χ0) is 16.5. The second-order valence-electron chi connectivity index (χ2n) is 4.92. The van der Waals surface area contributed by atoms with Gasteiger partial charge in [0.2, 0.25) is 0 Å². The Kier molecular flexibility index (Phi) is 4.43.